The minimum absolute atomic E-state index is 0.0319. The second kappa shape index (κ2) is 5.93. The van der Waals surface area contributed by atoms with E-state index in [0.29, 0.717) is 0 Å². The fourth-order valence-electron chi connectivity index (χ4n) is 1.64. The molecule has 0 aliphatic rings. The van der Waals surface area contributed by atoms with E-state index in [1.807, 2.05) is 19.1 Å². The Labute approximate surface area is 110 Å². The standard InChI is InChI=1S/C13H14FN3S/c1-9(15)13(10-3-2-4-11(14)7-10)18-12-5-6-16-8-17-12/h2-9,13H,15H2,1H3. The van der Waals surface area contributed by atoms with E-state index in [0.717, 1.165) is 10.6 Å². The number of benzene rings is 1. The molecule has 0 amide bonds. The zero-order valence-corrected chi connectivity index (χ0v) is 10.8. The summed E-state index contributed by atoms with van der Waals surface area (Å²) in [6.45, 7) is 1.91. The van der Waals surface area contributed by atoms with Gasteiger partial charge in [0, 0.05) is 12.2 Å². The molecule has 0 bridgehead atoms. The Morgan fingerprint density at radius 1 is 1.33 bits per heavy atom. The van der Waals surface area contributed by atoms with Gasteiger partial charge in [-0.05, 0) is 30.7 Å². The number of aromatic nitrogens is 2. The molecule has 2 N–H and O–H groups in total. The van der Waals surface area contributed by atoms with Crippen molar-refractivity contribution in [2.24, 2.45) is 5.73 Å². The average molecular weight is 263 g/mol. The summed E-state index contributed by atoms with van der Waals surface area (Å²) in [6.07, 6.45) is 3.17. The van der Waals surface area contributed by atoms with Crippen molar-refractivity contribution in [2.75, 3.05) is 0 Å². The molecule has 2 unspecified atom stereocenters. The summed E-state index contributed by atoms with van der Waals surface area (Å²) in [5, 5.41) is 0.798. The lowest BCUT2D eigenvalue weighted by Gasteiger charge is -2.20. The molecule has 0 aliphatic heterocycles. The van der Waals surface area contributed by atoms with Crippen LogP contribution in [0.15, 0.2) is 47.9 Å². The van der Waals surface area contributed by atoms with Crippen LogP contribution in [0.4, 0.5) is 4.39 Å². The van der Waals surface area contributed by atoms with Crippen LogP contribution in [0.1, 0.15) is 17.7 Å². The van der Waals surface area contributed by atoms with Gasteiger partial charge in [-0.2, -0.15) is 0 Å². The summed E-state index contributed by atoms with van der Waals surface area (Å²) in [5.74, 6) is -0.249. The summed E-state index contributed by atoms with van der Waals surface area (Å²) in [6, 6.07) is 8.23. The van der Waals surface area contributed by atoms with Crippen molar-refractivity contribution in [2.45, 2.75) is 23.2 Å². The second-order valence-electron chi connectivity index (χ2n) is 4.00. The highest BCUT2D eigenvalue weighted by Gasteiger charge is 2.18. The highest BCUT2D eigenvalue weighted by Crippen LogP contribution is 2.35. The van der Waals surface area contributed by atoms with Gasteiger partial charge >= 0.3 is 0 Å². The number of hydrogen-bond donors (Lipinski definition) is 1. The molecular weight excluding hydrogens is 249 g/mol. The van der Waals surface area contributed by atoms with Crippen LogP contribution in [0.3, 0.4) is 0 Å². The number of nitrogens with zero attached hydrogens (tertiary/aromatic N) is 2. The van der Waals surface area contributed by atoms with Crippen LogP contribution in [0.5, 0.6) is 0 Å². The smallest absolute Gasteiger partial charge is 0.123 e. The first kappa shape index (κ1) is 13.0. The minimum atomic E-state index is -0.249. The molecule has 1 aromatic carbocycles. The van der Waals surface area contributed by atoms with E-state index in [9.17, 15) is 4.39 Å². The third-order valence-electron chi connectivity index (χ3n) is 2.46. The Morgan fingerprint density at radius 2 is 2.17 bits per heavy atom. The van der Waals surface area contributed by atoms with Gasteiger partial charge in [-0.15, -0.1) is 0 Å². The Bertz CT molecular complexity index is 505. The maximum atomic E-state index is 13.3. The van der Waals surface area contributed by atoms with Gasteiger partial charge < -0.3 is 5.73 Å². The molecule has 18 heavy (non-hydrogen) atoms. The number of nitrogens with two attached hydrogens (primary N) is 1. The second-order valence-corrected chi connectivity index (χ2v) is 5.16. The van der Waals surface area contributed by atoms with Gasteiger partial charge in [-0.1, -0.05) is 23.9 Å². The van der Waals surface area contributed by atoms with Crippen LogP contribution in [0.2, 0.25) is 0 Å². The van der Waals surface area contributed by atoms with Crippen LogP contribution in [0.25, 0.3) is 0 Å². The molecule has 0 radical (unpaired) electrons. The first-order valence-electron chi connectivity index (χ1n) is 5.60. The molecular formula is C13H14FN3S. The summed E-state index contributed by atoms with van der Waals surface area (Å²) in [7, 11) is 0. The highest BCUT2D eigenvalue weighted by atomic mass is 32.2. The average Bonchev–Trinajstić information content (AvgIpc) is 2.37. The summed E-state index contributed by atoms with van der Waals surface area (Å²) < 4.78 is 13.3. The molecule has 2 atom stereocenters. The Kier molecular flexibility index (Phi) is 4.28. The maximum absolute atomic E-state index is 13.3. The molecule has 0 aliphatic carbocycles. The molecule has 0 fully saturated rings. The number of rotatable bonds is 4. The SMILES string of the molecule is CC(N)C(Sc1ccncn1)c1cccc(F)c1. The van der Waals surface area contributed by atoms with Gasteiger partial charge in [0.05, 0.1) is 10.3 Å². The lowest BCUT2D eigenvalue weighted by molar-refractivity contribution is 0.621. The highest BCUT2D eigenvalue weighted by molar-refractivity contribution is 7.99. The summed E-state index contributed by atoms with van der Waals surface area (Å²) in [4.78, 5) is 8.02. The Balaban J connectivity index is 2.24. The Morgan fingerprint density at radius 3 is 2.78 bits per heavy atom. The van der Waals surface area contributed by atoms with Crippen LogP contribution in [-0.4, -0.2) is 16.0 Å². The molecule has 3 nitrogen and oxygen atoms in total. The minimum Gasteiger partial charge on any atom is -0.327 e. The summed E-state index contributed by atoms with van der Waals surface area (Å²) >= 11 is 1.52. The van der Waals surface area contributed by atoms with Crippen molar-refractivity contribution in [3.8, 4) is 0 Å². The van der Waals surface area contributed by atoms with Crippen LogP contribution in [-0.2, 0) is 0 Å². The van der Waals surface area contributed by atoms with E-state index in [2.05, 4.69) is 9.97 Å². The quantitative estimate of drug-likeness (QED) is 0.680. The first-order valence-corrected chi connectivity index (χ1v) is 6.48. The van der Waals surface area contributed by atoms with Crippen molar-refractivity contribution in [3.63, 3.8) is 0 Å². The number of halogens is 1. The van der Waals surface area contributed by atoms with E-state index < -0.39 is 0 Å². The number of hydrogen-bond acceptors (Lipinski definition) is 4. The van der Waals surface area contributed by atoms with E-state index in [1.165, 1.54) is 30.2 Å². The lowest BCUT2D eigenvalue weighted by atomic mass is 10.1. The van der Waals surface area contributed by atoms with Gasteiger partial charge in [0.1, 0.15) is 12.1 Å². The largest absolute Gasteiger partial charge is 0.327 e. The van der Waals surface area contributed by atoms with Crippen molar-refractivity contribution >= 4 is 11.8 Å². The van der Waals surface area contributed by atoms with Crippen molar-refractivity contribution in [1.82, 2.24) is 9.97 Å². The van der Waals surface area contributed by atoms with E-state index in [-0.39, 0.29) is 17.1 Å². The van der Waals surface area contributed by atoms with Gasteiger partial charge in [-0.25, -0.2) is 14.4 Å². The first-order chi connectivity index (χ1) is 8.66. The molecule has 0 saturated heterocycles. The predicted octanol–water partition coefficient (Wildman–Crippen LogP) is 2.80. The zero-order chi connectivity index (χ0) is 13.0. The predicted molar refractivity (Wildman–Crippen MR) is 70.7 cm³/mol. The van der Waals surface area contributed by atoms with Gasteiger partial charge in [0.2, 0.25) is 0 Å². The zero-order valence-electron chi connectivity index (χ0n) is 9.95. The molecule has 0 spiro atoms. The normalized spacial score (nSPS) is 14.2. The summed E-state index contributed by atoms with van der Waals surface area (Å²) in [5.41, 5.74) is 6.85. The molecule has 1 heterocycles. The van der Waals surface area contributed by atoms with Crippen LogP contribution in [0, 0.1) is 5.82 Å². The molecule has 0 saturated carbocycles. The Hall–Kier alpha value is -1.46. The third-order valence-corrected chi connectivity index (χ3v) is 3.90. The van der Waals surface area contributed by atoms with Gasteiger partial charge in [-0.3, -0.25) is 0 Å². The fraction of sp³-hybridized carbons (Fsp3) is 0.231. The van der Waals surface area contributed by atoms with E-state index >= 15 is 0 Å². The third kappa shape index (κ3) is 3.27. The van der Waals surface area contributed by atoms with Gasteiger partial charge in [0.15, 0.2) is 0 Å². The molecule has 1 aromatic heterocycles. The number of thioether (sulfide) groups is 1. The molecule has 2 aromatic rings. The lowest BCUT2D eigenvalue weighted by Crippen LogP contribution is -2.22. The topological polar surface area (TPSA) is 51.8 Å². The van der Waals surface area contributed by atoms with Gasteiger partial charge in [0.25, 0.3) is 0 Å². The van der Waals surface area contributed by atoms with E-state index in [1.54, 1.807) is 12.3 Å². The molecule has 94 valence electrons. The molecule has 5 heteroatoms. The fourth-order valence-corrected chi connectivity index (χ4v) is 2.65. The van der Waals surface area contributed by atoms with Crippen molar-refractivity contribution in [3.05, 3.63) is 54.2 Å². The van der Waals surface area contributed by atoms with Crippen molar-refractivity contribution < 1.29 is 4.39 Å². The van der Waals surface area contributed by atoms with Crippen LogP contribution >= 0.6 is 11.8 Å². The van der Waals surface area contributed by atoms with E-state index in [4.69, 9.17) is 5.73 Å². The van der Waals surface area contributed by atoms with Crippen molar-refractivity contribution in [1.29, 1.82) is 0 Å². The molecule has 2 rings (SSSR count). The van der Waals surface area contributed by atoms with Crippen LogP contribution < -0.4 is 5.73 Å². The maximum Gasteiger partial charge on any atom is 0.123 e. The monoisotopic (exact) mass is 263 g/mol.